The molecule has 0 radical (unpaired) electrons. The van der Waals surface area contributed by atoms with Gasteiger partial charge in [-0.2, -0.15) is 0 Å². The first-order chi connectivity index (χ1) is 12.7. The number of rotatable bonds is 6. The van der Waals surface area contributed by atoms with Gasteiger partial charge in [0, 0.05) is 30.0 Å². The fourth-order valence-corrected chi connectivity index (χ4v) is 3.07. The number of amides is 1. The zero-order chi connectivity index (χ0) is 18.2. The summed E-state index contributed by atoms with van der Waals surface area (Å²) in [7, 11) is 0. The molecule has 1 aliphatic heterocycles. The van der Waals surface area contributed by atoms with Crippen LogP contribution >= 0.6 is 0 Å². The van der Waals surface area contributed by atoms with Gasteiger partial charge in [-0.25, -0.2) is 0 Å². The number of benzene rings is 2. The summed E-state index contributed by atoms with van der Waals surface area (Å²) in [6, 6.07) is 14.6. The minimum Gasteiger partial charge on any atom is -0.484 e. The standard InChI is InChI=1S/C21H24N2O3/c24-15-17-5-11-20(12-6-17)26-16-21(25)22-18-7-9-19(10-8-18)23-13-3-1-2-4-14-23/h5-12,15H,1-4,13-14,16H2,(H,22,25). The quantitative estimate of drug-likeness (QED) is 0.801. The molecule has 5 nitrogen and oxygen atoms in total. The van der Waals surface area contributed by atoms with Crippen molar-refractivity contribution in [3.8, 4) is 5.75 Å². The lowest BCUT2D eigenvalue weighted by Gasteiger charge is -2.22. The summed E-state index contributed by atoms with van der Waals surface area (Å²) in [5, 5.41) is 2.84. The van der Waals surface area contributed by atoms with E-state index in [0.717, 1.165) is 25.1 Å². The fourth-order valence-electron chi connectivity index (χ4n) is 3.07. The van der Waals surface area contributed by atoms with Gasteiger partial charge in [0.2, 0.25) is 0 Å². The van der Waals surface area contributed by atoms with Crippen molar-refractivity contribution in [2.45, 2.75) is 25.7 Å². The zero-order valence-electron chi connectivity index (χ0n) is 14.8. The Morgan fingerprint density at radius 1 is 0.962 bits per heavy atom. The van der Waals surface area contributed by atoms with E-state index in [1.165, 1.54) is 31.4 Å². The van der Waals surface area contributed by atoms with Crippen molar-refractivity contribution in [1.82, 2.24) is 0 Å². The van der Waals surface area contributed by atoms with Gasteiger partial charge in [-0.1, -0.05) is 12.8 Å². The van der Waals surface area contributed by atoms with E-state index in [4.69, 9.17) is 4.74 Å². The smallest absolute Gasteiger partial charge is 0.262 e. The molecule has 0 aliphatic carbocycles. The Hall–Kier alpha value is -2.82. The Kier molecular flexibility index (Phi) is 6.25. The molecule has 26 heavy (non-hydrogen) atoms. The van der Waals surface area contributed by atoms with Gasteiger partial charge in [0.25, 0.3) is 5.91 Å². The third-order valence-electron chi connectivity index (χ3n) is 4.51. The first-order valence-corrected chi connectivity index (χ1v) is 9.07. The monoisotopic (exact) mass is 352 g/mol. The summed E-state index contributed by atoms with van der Waals surface area (Å²) in [6.07, 6.45) is 5.87. The minimum absolute atomic E-state index is 0.0751. The average Bonchev–Trinajstić information content (AvgIpc) is 2.97. The molecule has 1 heterocycles. The maximum Gasteiger partial charge on any atom is 0.262 e. The number of anilines is 2. The summed E-state index contributed by atoms with van der Waals surface area (Å²) in [4.78, 5) is 25.1. The van der Waals surface area contributed by atoms with Crippen molar-refractivity contribution in [3.05, 3.63) is 54.1 Å². The third kappa shape index (κ3) is 5.09. The number of ether oxygens (including phenoxy) is 1. The second kappa shape index (κ2) is 9.04. The van der Waals surface area contributed by atoms with Gasteiger partial charge in [0.05, 0.1) is 0 Å². The Morgan fingerprint density at radius 2 is 1.62 bits per heavy atom. The Labute approximate surface area is 154 Å². The number of carbonyl (C=O) groups is 2. The molecule has 1 N–H and O–H groups in total. The van der Waals surface area contributed by atoms with E-state index in [1.807, 2.05) is 12.1 Å². The molecule has 2 aromatic rings. The molecule has 0 atom stereocenters. The van der Waals surface area contributed by atoms with Crippen LogP contribution in [0.3, 0.4) is 0 Å². The third-order valence-corrected chi connectivity index (χ3v) is 4.51. The predicted octanol–water partition coefficient (Wildman–Crippen LogP) is 3.90. The molecule has 136 valence electrons. The fraction of sp³-hybridized carbons (Fsp3) is 0.333. The van der Waals surface area contributed by atoms with Gasteiger partial charge in [0.15, 0.2) is 6.61 Å². The van der Waals surface area contributed by atoms with E-state index < -0.39 is 0 Å². The molecule has 3 rings (SSSR count). The normalized spacial score (nSPS) is 14.4. The Bertz CT molecular complexity index is 718. The van der Waals surface area contributed by atoms with Gasteiger partial charge in [-0.3, -0.25) is 9.59 Å². The summed E-state index contributed by atoms with van der Waals surface area (Å²) in [5.41, 5.74) is 2.54. The van der Waals surface area contributed by atoms with Crippen molar-refractivity contribution in [2.75, 3.05) is 29.9 Å². The first kappa shape index (κ1) is 18.0. The summed E-state index contributed by atoms with van der Waals surface area (Å²) < 4.78 is 5.44. The topological polar surface area (TPSA) is 58.6 Å². The van der Waals surface area contributed by atoms with Crippen LogP contribution in [0.2, 0.25) is 0 Å². The molecule has 1 saturated heterocycles. The number of hydrogen-bond acceptors (Lipinski definition) is 4. The Balaban J connectivity index is 1.49. The van der Waals surface area contributed by atoms with Crippen LogP contribution in [0.1, 0.15) is 36.0 Å². The van der Waals surface area contributed by atoms with Crippen LogP contribution < -0.4 is 15.0 Å². The zero-order valence-corrected chi connectivity index (χ0v) is 14.8. The maximum atomic E-state index is 12.0. The summed E-state index contributed by atoms with van der Waals surface area (Å²) in [6.45, 7) is 2.12. The van der Waals surface area contributed by atoms with Crippen molar-refractivity contribution in [2.24, 2.45) is 0 Å². The van der Waals surface area contributed by atoms with Crippen LogP contribution in [0.5, 0.6) is 5.75 Å². The molecule has 1 aliphatic rings. The SMILES string of the molecule is O=Cc1ccc(OCC(=O)Nc2ccc(N3CCCCCC3)cc2)cc1. The lowest BCUT2D eigenvalue weighted by Crippen LogP contribution is -2.24. The van der Waals surface area contributed by atoms with Crippen LogP contribution in [0.4, 0.5) is 11.4 Å². The van der Waals surface area contributed by atoms with Gasteiger partial charge >= 0.3 is 0 Å². The predicted molar refractivity (Wildman–Crippen MR) is 103 cm³/mol. The summed E-state index contributed by atoms with van der Waals surface area (Å²) >= 11 is 0. The molecule has 1 fully saturated rings. The molecule has 1 amide bonds. The second-order valence-corrected chi connectivity index (χ2v) is 6.47. The van der Waals surface area contributed by atoms with Gasteiger partial charge in [-0.15, -0.1) is 0 Å². The van der Waals surface area contributed by atoms with Crippen molar-refractivity contribution < 1.29 is 14.3 Å². The van der Waals surface area contributed by atoms with E-state index in [2.05, 4.69) is 22.3 Å². The molecule has 5 heteroatoms. The molecule has 0 bridgehead atoms. The first-order valence-electron chi connectivity index (χ1n) is 9.07. The van der Waals surface area contributed by atoms with E-state index in [-0.39, 0.29) is 12.5 Å². The lowest BCUT2D eigenvalue weighted by molar-refractivity contribution is -0.118. The molecular weight excluding hydrogens is 328 g/mol. The molecule has 0 aromatic heterocycles. The highest BCUT2D eigenvalue weighted by molar-refractivity contribution is 5.92. The van der Waals surface area contributed by atoms with E-state index in [9.17, 15) is 9.59 Å². The minimum atomic E-state index is -0.216. The number of nitrogens with one attached hydrogen (secondary N) is 1. The van der Waals surface area contributed by atoms with E-state index in [1.54, 1.807) is 24.3 Å². The van der Waals surface area contributed by atoms with Gasteiger partial charge in [-0.05, 0) is 61.4 Å². The summed E-state index contributed by atoms with van der Waals surface area (Å²) in [5.74, 6) is 0.342. The van der Waals surface area contributed by atoms with Crippen LogP contribution in [0.25, 0.3) is 0 Å². The second-order valence-electron chi connectivity index (χ2n) is 6.47. The highest BCUT2D eigenvalue weighted by Gasteiger charge is 2.10. The highest BCUT2D eigenvalue weighted by Crippen LogP contribution is 2.21. The van der Waals surface area contributed by atoms with Crippen LogP contribution in [-0.4, -0.2) is 31.9 Å². The molecule has 0 saturated carbocycles. The van der Waals surface area contributed by atoms with Crippen LogP contribution in [-0.2, 0) is 4.79 Å². The largest absolute Gasteiger partial charge is 0.484 e. The molecule has 0 unspecified atom stereocenters. The number of carbonyl (C=O) groups excluding carboxylic acids is 2. The lowest BCUT2D eigenvalue weighted by atomic mass is 10.2. The van der Waals surface area contributed by atoms with Crippen LogP contribution in [0, 0.1) is 0 Å². The van der Waals surface area contributed by atoms with Crippen molar-refractivity contribution in [3.63, 3.8) is 0 Å². The van der Waals surface area contributed by atoms with E-state index in [0.29, 0.717) is 11.3 Å². The van der Waals surface area contributed by atoms with Gasteiger partial charge < -0.3 is 15.0 Å². The van der Waals surface area contributed by atoms with Crippen LogP contribution in [0.15, 0.2) is 48.5 Å². The van der Waals surface area contributed by atoms with Crippen molar-refractivity contribution >= 4 is 23.6 Å². The molecular formula is C21H24N2O3. The van der Waals surface area contributed by atoms with Crippen molar-refractivity contribution in [1.29, 1.82) is 0 Å². The number of nitrogens with zero attached hydrogens (tertiary/aromatic N) is 1. The maximum absolute atomic E-state index is 12.0. The van der Waals surface area contributed by atoms with Gasteiger partial charge in [0.1, 0.15) is 12.0 Å². The average molecular weight is 352 g/mol. The molecule has 2 aromatic carbocycles. The Morgan fingerprint density at radius 3 is 2.23 bits per heavy atom. The van der Waals surface area contributed by atoms with E-state index >= 15 is 0 Å². The molecule has 0 spiro atoms. The number of hydrogen-bond donors (Lipinski definition) is 1. The number of aldehydes is 1. The highest BCUT2D eigenvalue weighted by atomic mass is 16.5.